The van der Waals surface area contributed by atoms with Gasteiger partial charge in [0, 0.05) is 6.42 Å². The lowest BCUT2D eigenvalue weighted by molar-refractivity contribution is -0.117. The van der Waals surface area contributed by atoms with E-state index in [1.165, 1.54) is 38.5 Å². The van der Waals surface area contributed by atoms with Gasteiger partial charge < -0.3 is 4.79 Å². The van der Waals surface area contributed by atoms with Crippen molar-refractivity contribution in [2.75, 3.05) is 0 Å². The fraction of sp³-hybridized carbons (Fsp3) is 0.706. The average Bonchev–Trinajstić information content (AvgIpc) is 2.24. The standard InChI is InChI=1S/C17H28O/c1-15(18)10-6-4-7-11-16-12-8-5-9-13-17(2,3)14-16/h9,12-13H,4-8,10-11,14H2,1-3H3/b13-9+,16-12-. The maximum Gasteiger partial charge on any atom is 0.129 e. The number of Topliss-reactive ketones (excluding diaryl/α,β-unsaturated/α-hetero) is 1. The maximum absolute atomic E-state index is 10.9. The Morgan fingerprint density at radius 2 is 2.00 bits per heavy atom. The van der Waals surface area contributed by atoms with Crippen LogP contribution in [0, 0.1) is 5.41 Å². The Kier molecular flexibility index (Phi) is 6.38. The van der Waals surface area contributed by atoms with Crippen LogP contribution in [0.1, 0.15) is 72.1 Å². The molecule has 102 valence electrons. The van der Waals surface area contributed by atoms with Crippen LogP contribution < -0.4 is 0 Å². The zero-order valence-electron chi connectivity index (χ0n) is 12.3. The molecule has 1 aliphatic carbocycles. The number of allylic oxidation sites excluding steroid dienone is 4. The van der Waals surface area contributed by atoms with Crippen molar-refractivity contribution in [3.63, 3.8) is 0 Å². The van der Waals surface area contributed by atoms with E-state index in [9.17, 15) is 4.79 Å². The monoisotopic (exact) mass is 248 g/mol. The molecule has 0 aliphatic heterocycles. The van der Waals surface area contributed by atoms with E-state index in [1.807, 2.05) is 0 Å². The van der Waals surface area contributed by atoms with Crippen LogP contribution in [0.25, 0.3) is 0 Å². The lowest BCUT2D eigenvalue weighted by Gasteiger charge is -2.24. The highest BCUT2D eigenvalue weighted by Crippen LogP contribution is 2.31. The summed E-state index contributed by atoms with van der Waals surface area (Å²) in [7, 11) is 0. The Morgan fingerprint density at radius 3 is 2.72 bits per heavy atom. The molecule has 0 N–H and O–H groups in total. The molecule has 0 fully saturated rings. The quantitative estimate of drug-likeness (QED) is 0.465. The van der Waals surface area contributed by atoms with Gasteiger partial charge in [0.2, 0.25) is 0 Å². The topological polar surface area (TPSA) is 17.1 Å². The third-order valence-corrected chi connectivity index (χ3v) is 3.54. The smallest absolute Gasteiger partial charge is 0.129 e. The molecular weight excluding hydrogens is 220 g/mol. The van der Waals surface area contributed by atoms with Gasteiger partial charge in [-0.25, -0.2) is 0 Å². The second-order valence-corrected chi connectivity index (χ2v) is 6.27. The Morgan fingerprint density at radius 1 is 1.22 bits per heavy atom. The zero-order chi connectivity index (χ0) is 13.4. The molecule has 0 unspecified atom stereocenters. The molecular formula is C17H28O. The van der Waals surface area contributed by atoms with Crippen molar-refractivity contribution in [1.82, 2.24) is 0 Å². The molecule has 0 aromatic rings. The molecule has 1 rings (SSSR count). The van der Waals surface area contributed by atoms with Crippen LogP contribution in [-0.2, 0) is 4.79 Å². The van der Waals surface area contributed by atoms with Crippen LogP contribution in [0.15, 0.2) is 23.8 Å². The van der Waals surface area contributed by atoms with Crippen LogP contribution in [0.2, 0.25) is 0 Å². The van der Waals surface area contributed by atoms with Crippen LogP contribution in [0.5, 0.6) is 0 Å². The minimum atomic E-state index is 0.311. The summed E-state index contributed by atoms with van der Waals surface area (Å²) in [5, 5.41) is 0. The number of carbonyl (C=O) groups excluding carboxylic acids is 1. The Labute approximate surface area is 112 Å². The van der Waals surface area contributed by atoms with Gasteiger partial charge in [-0.1, -0.05) is 44.1 Å². The van der Waals surface area contributed by atoms with E-state index >= 15 is 0 Å². The summed E-state index contributed by atoms with van der Waals surface area (Å²) in [5.74, 6) is 0.325. The first kappa shape index (κ1) is 15.2. The summed E-state index contributed by atoms with van der Waals surface area (Å²) in [4.78, 5) is 10.9. The van der Waals surface area contributed by atoms with E-state index in [-0.39, 0.29) is 0 Å². The summed E-state index contributed by atoms with van der Waals surface area (Å²) in [6.45, 7) is 6.32. The summed E-state index contributed by atoms with van der Waals surface area (Å²) in [6, 6.07) is 0. The normalized spacial score (nSPS) is 23.6. The van der Waals surface area contributed by atoms with Gasteiger partial charge in [0.25, 0.3) is 0 Å². The van der Waals surface area contributed by atoms with Crippen molar-refractivity contribution in [1.29, 1.82) is 0 Å². The molecule has 0 saturated heterocycles. The molecule has 0 bridgehead atoms. The Bertz CT molecular complexity index is 321. The maximum atomic E-state index is 10.9. The number of rotatable bonds is 6. The summed E-state index contributed by atoms with van der Waals surface area (Å²) in [6.07, 6.45) is 16.1. The Hall–Kier alpha value is -0.850. The Balaban J connectivity index is 2.29. The third-order valence-electron chi connectivity index (χ3n) is 3.54. The second-order valence-electron chi connectivity index (χ2n) is 6.27. The molecule has 0 spiro atoms. The molecule has 18 heavy (non-hydrogen) atoms. The van der Waals surface area contributed by atoms with Gasteiger partial charge in [0.15, 0.2) is 0 Å². The fourth-order valence-electron chi connectivity index (χ4n) is 2.60. The molecule has 0 heterocycles. The number of ketones is 1. The highest BCUT2D eigenvalue weighted by Gasteiger charge is 2.16. The van der Waals surface area contributed by atoms with Gasteiger partial charge in [-0.15, -0.1) is 0 Å². The SMILES string of the molecule is CC(=O)CCCCC/C1=C/CC/C=C/C(C)(C)C1. The predicted molar refractivity (Wildman–Crippen MR) is 78.6 cm³/mol. The van der Waals surface area contributed by atoms with Gasteiger partial charge in [0.05, 0.1) is 0 Å². The molecule has 1 nitrogen and oxygen atoms in total. The van der Waals surface area contributed by atoms with Crippen molar-refractivity contribution in [3.05, 3.63) is 23.8 Å². The summed E-state index contributed by atoms with van der Waals surface area (Å²) >= 11 is 0. The molecule has 0 saturated carbocycles. The van der Waals surface area contributed by atoms with E-state index in [1.54, 1.807) is 12.5 Å². The largest absolute Gasteiger partial charge is 0.300 e. The van der Waals surface area contributed by atoms with Crippen molar-refractivity contribution < 1.29 is 4.79 Å². The highest BCUT2D eigenvalue weighted by atomic mass is 16.1. The van der Waals surface area contributed by atoms with Crippen molar-refractivity contribution in [2.24, 2.45) is 5.41 Å². The zero-order valence-corrected chi connectivity index (χ0v) is 12.3. The van der Waals surface area contributed by atoms with Gasteiger partial charge in [-0.3, -0.25) is 0 Å². The van der Waals surface area contributed by atoms with Crippen LogP contribution >= 0.6 is 0 Å². The van der Waals surface area contributed by atoms with Crippen molar-refractivity contribution >= 4 is 5.78 Å². The van der Waals surface area contributed by atoms with Gasteiger partial charge in [0.1, 0.15) is 5.78 Å². The molecule has 0 atom stereocenters. The van der Waals surface area contributed by atoms with Crippen LogP contribution in [-0.4, -0.2) is 5.78 Å². The molecule has 0 aromatic heterocycles. The first-order chi connectivity index (χ1) is 8.49. The molecule has 0 radical (unpaired) electrons. The summed E-state index contributed by atoms with van der Waals surface area (Å²) < 4.78 is 0. The van der Waals surface area contributed by atoms with Gasteiger partial charge in [-0.05, 0) is 50.9 Å². The van der Waals surface area contributed by atoms with Crippen molar-refractivity contribution in [2.45, 2.75) is 72.1 Å². The first-order valence-electron chi connectivity index (χ1n) is 7.35. The molecule has 1 heteroatoms. The van der Waals surface area contributed by atoms with E-state index in [2.05, 4.69) is 32.1 Å². The lowest BCUT2D eigenvalue weighted by atomic mass is 9.82. The van der Waals surface area contributed by atoms with Crippen LogP contribution in [0.4, 0.5) is 0 Å². The van der Waals surface area contributed by atoms with Crippen molar-refractivity contribution in [3.8, 4) is 0 Å². The van der Waals surface area contributed by atoms with Gasteiger partial charge in [-0.2, -0.15) is 0 Å². The second kappa shape index (κ2) is 7.56. The fourth-order valence-corrected chi connectivity index (χ4v) is 2.60. The lowest BCUT2D eigenvalue weighted by Crippen LogP contribution is -2.10. The van der Waals surface area contributed by atoms with E-state index in [0.29, 0.717) is 11.2 Å². The minimum absolute atomic E-state index is 0.311. The number of hydrogen-bond acceptors (Lipinski definition) is 1. The number of unbranched alkanes of at least 4 members (excludes halogenated alkanes) is 2. The predicted octanol–water partition coefficient (Wildman–Crippen LogP) is 5.22. The van der Waals surface area contributed by atoms with Crippen LogP contribution in [0.3, 0.4) is 0 Å². The first-order valence-corrected chi connectivity index (χ1v) is 7.35. The third kappa shape index (κ3) is 6.78. The molecule has 0 aromatic carbocycles. The van der Waals surface area contributed by atoms with E-state index < -0.39 is 0 Å². The molecule has 1 aliphatic rings. The molecule has 0 amide bonds. The average molecular weight is 248 g/mol. The number of carbonyl (C=O) groups is 1. The van der Waals surface area contributed by atoms with E-state index in [4.69, 9.17) is 0 Å². The summed E-state index contributed by atoms with van der Waals surface area (Å²) in [5.41, 5.74) is 1.93. The van der Waals surface area contributed by atoms with E-state index in [0.717, 1.165) is 12.8 Å². The van der Waals surface area contributed by atoms with Gasteiger partial charge >= 0.3 is 0 Å². The minimum Gasteiger partial charge on any atom is -0.300 e. The highest BCUT2D eigenvalue weighted by molar-refractivity contribution is 5.75. The number of hydrogen-bond donors (Lipinski definition) is 0.